The molecule has 0 aliphatic rings. The molecule has 1 aromatic heterocycles. The molecule has 1 N–H and O–H groups in total. The molecule has 0 spiro atoms. The van der Waals surface area contributed by atoms with E-state index in [2.05, 4.69) is 4.98 Å². The van der Waals surface area contributed by atoms with Gasteiger partial charge in [-0.15, -0.1) is 0 Å². The Kier molecular flexibility index (Phi) is 3.46. The first-order chi connectivity index (χ1) is 6.98. The average Bonchev–Trinajstić information content (AvgIpc) is 2.20. The van der Waals surface area contributed by atoms with Crippen molar-refractivity contribution in [2.45, 2.75) is 31.4 Å². The van der Waals surface area contributed by atoms with Crippen molar-refractivity contribution in [2.75, 3.05) is 0 Å². The molecule has 5 heteroatoms. The summed E-state index contributed by atoms with van der Waals surface area (Å²) in [6.45, 7) is 3.50. The van der Waals surface area contributed by atoms with Gasteiger partial charge in [-0.1, -0.05) is 13.8 Å². The minimum absolute atomic E-state index is 0.340. The number of aromatic nitrogens is 1. The molecule has 0 saturated heterocycles. The van der Waals surface area contributed by atoms with Crippen molar-refractivity contribution in [1.82, 2.24) is 4.98 Å². The monoisotopic (exact) mass is 229 g/mol. The summed E-state index contributed by atoms with van der Waals surface area (Å²) in [5.74, 6) is 0. The van der Waals surface area contributed by atoms with Crippen molar-refractivity contribution in [2.24, 2.45) is 0 Å². The average molecular weight is 229 g/mol. The maximum atomic E-state index is 11.5. The Balaban J connectivity index is 3.37. The number of rotatable bonds is 4. The SMILES string of the molecule is CCC(CC)(c1ccncc1)S(=O)(=O)O. The van der Waals surface area contributed by atoms with Gasteiger partial charge in [-0.25, -0.2) is 0 Å². The minimum atomic E-state index is -4.11. The molecule has 0 aliphatic heterocycles. The Morgan fingerprint density at radius 3 is 2.07 bits per heavy atom. The van der Waals surface area contributed by atoms with Gasteiger partial charge in [0.2, 0.25) is 0 Å². The fourth-order valence-corrected chi connectivity index (χ4v) is 2.99. The van der Waals surface area contributed by atoms with Crippen LogP contribution in [0, 0.1) is 0 Å². The van der Waals surface area contributed by atoms with Crippen LogP contribution in [-0.2, 0) is 14.9 Å². The van der Waals surface area contributed by atoms with E-state index in [0.717, 1.165) is 0 Å². The standard InChI is InChI=1S/C10H15NO3S/c1-3-10(4-2,15(12,13)14)9-5-7-11-8-6-9/h5-8H,3-4H2,1-2H3,(H,12,13,14). The second-order valence-corrected chi connectivity index (χ2v) is 5.14. The van der Waals surface area contributed by atoms with E-state index in [1.807, 2.05) is 0 Å². The molecule has 0 radical (unpaired) electrons. The zero-order chi connectivity index (χ0) is 11.5. The Labute approximate surface area is 90.1 Å². The summed E-state index contributed by atoms with van der Waals surface area (Å²) in [4.78, 5) is 3.83. The van der Waals surface area contributed by atoms with Crippen LogP contribution in [0.3, 0.4) is 0 Å². The molecule has 0 bridgehead atoms. The molecule has 4 nitrogen and oxygen atoms in total. The van der Waals surface area contributed by atoms with E-state index < -0.39 is 14.9 Å². The second-order valence-electron chi connectivity index (χ2n) is 3.41. The largest absolute Gasteiger partial charge is 0.285 e. The van der Waals surface area contributed by atoms with E-state index >= 15 is 0 Å². The molecule has 0 atom stereocenters. The number of hydrogen-bond donors (Lipinski definition) is 1. The van der Waals surface area contributed by atoms with E-state index in [-0.39, 0.29) is 0 Å². The fourth-order valence-electron chi connectivity index (χ4n) is 1.83. The Morgan fingerprint density at radius 1 is 1.27 bits per heavy atom. The van der Waals surface area contributed by atoms with Crippen LogP contribution in [0.2, 0.25) is 0 Å². The third kappa shape index (κ3) is 2.03. The van der Waals surface area contributed by atoms with Crippen molar-refractivity contribution in [1.29, 1.82) is 0 Å². The highest BCUT2D eigenvalue weighted by atomic mass is 32.2. The van der Waals surface area contributed by atoms with Gasteiger partial charge in [0.1, 0.15) is 4.75 Å². The fraction of sp³-hybridized carbons (Fsp3) is 0.500. The Morgan fingerprint density at radius 2 is 1.73 bits per heavy atom. The van der Waals surface area contributed by atoms with E-state index in [1.165, 1.54) is 12.4 Å². The van der Waals surface area contributed by atoms with Crippen LogP contribution in [0.4, 0.5) is 0 Å². The van der Waals surface area contributed by atoms with Gasteiger partial charge in [-0.05, 0) is 30.5 Å². The summed E-state index contributed by atoms with van der Waals surface area (Å²) in [7, 11) is -4.11. The maximum absolute atomic E-state index is 11.5. The molecule has 0 aliphatic carbocycles. The molecule has 0 saturated carbocycles. The maximum Gasteiger partial charge on any atom is 0.274 e. The first-order valence-electron chi connectivity index (χ1n) is 4.85. The highest BCUT2D eigenvalue weighted by Gasteiger charge is 2.41. The third-order valence-electron chi connectivity index (χ3n) is 2.84. The van der Waals surface area contributed by atoms with Crippen molar-refractivity contribution in [3.05, 3.63) is 30.1 Å². The lowest BCUT2D eigenvalue weighted by Gasteiger charge is -2.28. The number of nitrogens with zero attached hydrogens (tertiary/aromatic N) is 1. The molecule has 0 fully saturated rings. The molecule has 0 aromatic carbocycles. The first-order valence-corrected chi connectivity index (χ1v) is 6.29. The van der Waals surface area contributed by atoms with Gasteiger partial charge < -0.3 is 0 Å². The zero-order valence-corrected chi connectivity index (χ0v) is 9.66. The van der Waals surface area contributed by atoms with Crippen LogP contribution in [-0.4, -0.2) is 18.0 Å². The highest BCUT2D eigenvalue weighted by molar-refractivity contribution is 7.86. The summed E-state index contributed by atoms with van der Waals surface area (Å²) < 4.78 is 31.0. The minimum Gasteiger partial charge on any atom is -0.285 e. The summed E-state index contributed by atoms with van der Waals surface area (Å²) in [6.07, 6.45) is 3.74. The molecule has 84 valence electrons. The summed E-state index contributed by atoms with van der Waals surface area (Å²) in [5, 5.41) is 0. The molecule has 0 amide bonds. The summed E-state index contributed by atoms with van der Waals surface area (Å²) in [5.41, 5.74) is 0.588. The number of pyridine rings is 1. The third-order valence-corrected chi connectivity index (χ3v) is 4.64. The lowest BCUT2D eigenvalue weighted by Crippen LogP contribution is -2.34. The topological polar surface area (TPSA) is 67.3 Å². The zero-order valence-electron chi connectivity index (χ0n) is 8.84. The molecule has 1 aromatic rings. The lowest BCUT2D eigenvalue weighted by molar-refractivity contribution is 0.411. The second kappa shape index (κ2) is 4.28. The van der Waals surface area contributed by atoms with Crippen LogP contribution >= 0.6 is 0 Å². The molecular formula is C10H15NO3S. The molecule has 15 heavy (non-hydrogen) atoms. The quantitative estimate of drug-likeness (QED) is 0.802. The molecule has 0 unspecified atom stereocenters. The van der Waals surface area contributed by atoms with Gasteiger partial charge >= 0.3 is 0 Å². The van der Waals surface area contributed by atoms with Crippen LogP contribution in [0.1, 0.15) is 32.3 Å². The van der Waals surface area contributed by atoms with Gasteiger partial charge in [0.15, 0.2) is 0 Å². The smallest absolute Gasteiger partial charge is 0.274 e. The van der Waals surface area contributed by atoms with E-state index in [4.69, 9.17) is 0 Å². The van der Waals surface area contributed by atoms with Gasteiger partial charge in [0.05, 0.1) is 0 Å². The van der Waals surface area contributed by atoms with E-state index in [1.54, 1.807) is 26.0 Å². The van der Waals surface area contributed by atoms with E-state index in [0.29, 0.717) is 18.4 Å². The van der Waals surface area contributed by atoms with Gasteiger partial charge in [-0.2, -0.15) is 8.42 Å². The summed E-state index contributed by atoms with van der Waals surface area (Å²) >= 11 is 0. The van der Waals surface area contributed by atoms with Crippen LogP contribution in [0.15, 0.2) is 24.5 Å². The normalized spacial score (nSPS) is 12.7. The number of hydrogen-bond acceptors (Lipinski definition) is 3. The summed E-state index contributed by atoms with van der Waals surface area (Å²) in [6, 6.07) is 3.25. The van der Waals surface area contributed by atoms with Gasteiger partial charge in [0.25, 0.3) is 10.1 Å². The first kappa shape index (κ1) is 12.1. The van der Waals surface area contributed by atoms with Crippen LogP contribution in [0.5, 0.6) is 0 Å². The van der Waals surface area contributed by atoms with Gasteiger partial charge in [0, 0.05) is 12.4 Å². The van der Waals surface area contributed by atoms with Crippen molar-refractivity contribution < 1.29 is 13.0 Å². The highest BCUT2D eigenvalue weighted by Crippen LogP contribution is 2.36. The van der Waals surface area contributed by atoms with Crippen molar-refractivity contribution in [3.8, 4) is 0 Å². The lowest BCUT2D eigenvalue weighted by atomic mass is 9.94. The molecule has 1 rings (SSSR count). The Bertz CT molecular complexity index is 410. The van der Waals surface area contributed by atoms with Crippen LogP contribution in [0.25, 0.3) is 0 Å². The van der Waals surface area contributed by atoms with E-state index in [9.17, 15) is 13.0 Å². The predicted molar refractivity (Wildman–Crippen MR) is 58.0 cm³/mol. The van der Waals surface area contributed by atoms with Crippen molar-refractivity contribution >= 4 is 10.1 Å². The molecule has 1 heterocycles. The predicted octanol–water partition coefficient (Wildman–Crippen LogP) is 1.98. The Hall–Kier alpha value is -0.940. The van der Waals surface area contributed by atoms with Gasteiger partial charge in [-0.3, -0.25) is 9.54 Å². The van der Waals surface area contributed by atoms with Crippen molar-refractivity contribution in [3.63, 3.8) is 0 Å². The molecular weight excluding hydrogens is 214 g/mol. The van der Waals surface area contributed by atoms with Crippen LogP contribution < -0.4 is 0 Å².